The molecule has 2 aromatic carbocycles. The van der Waals surface area contributed by atoms with Crippen molar-refractivity contribution in [1.82, 2.24) is 19.1 Å². The summed E-state index contributed by atoms with van der Waals surface area (Å²) in [6, 6.07) is 14.1. The summed E-state index contributed by atoms with van der Waals surface area (Å²) >= 11 is 6.49. The largest absolute Gasteiger partial charge is 0.490 e. The van der Waals surface area contributed by atoms with Crippen LogP contribution in [0.25, 0.3) is 0 Å². The third-order valence-electron chi connectivity index (χ3n) is 13.8. The van der Waals surface area contributed by atoms with Crippen LogP contribution in [0.4, 0.5) is 5.69 Å². The number of carbonyl (C=O) groups is 2. The third-order valence-corrected chi connectivity index (χ3v) is 15.9. The number of halogens is 1. The Kier molecular flexibility index (Phi) is 11.7. The second-order valence-corrected chi connectivity index (χ2v) is 20.1. The Hall–Kier alpha value is -3.72. The first-order chi connectivity index (χ1) is 28.6. The van der Waals surface area contributed by atoms with E-state index < -0.39 is 21.7 Å². The molecule has 5 atom stereocenters. The standard InChI is InChI=1S/C45H57ClN6O6S/c1-49-24-34(22-36(49)26-50-16-18-51(19-17-50)37-27-57-28-37)44(54)48-59(55)20-5-3-4-8-41(56-2)38-12-9-33(38)25-52-29-45(15-6-7-31-21-35(46)11-13-39(31)45)30-58-42-14-10-32(23-40(42)52)43(53)47-59/h4,8,10-11,13-14,21-24,33,37-38,41H,3,5-7,9,12,15-20,25-30H2,1-2H3,(H,47,48,53,54,55)/b8-4+/t33-,38+,41-,45-,59?/m0/s1. The van der Waals surface area contributed by atoms with Gasteiger partial charge in [0.15, 0.2) is 0 Å². The highest BCUT2D eigenvalue weighted by atomic mass is 35.5. The molecule has 1 saturated carbocycles. The number of nitrogens with zero attached hydrogens (tertiary/aromatic N) is 5. The van der Waals surface area contributed by atoms with Crippen molar-refractivity contribution in [2.45, 2.75) is 69.1 Å². The zero-order chi connectivity index (χ0) is 40.7. The first-order valence-electron chi connectivity index (χ1n) is 21.4. The number of piperazine rings is 1. The Morgan fingerprint density at radius 3 is 2.69 bits per heavy atom. The van der Waals surface area contributed by atoms with Crippen LogP contribution < -0.4 is 14.4 Å². The van der Waals surface area contributed by atoms with Crippen molar-refractivity contribution in [3.63, 3.8) is 0 Å². The van der Waals surface area contributed by atoms with Crippen molar-refractivity contribution in [1.29, 1.82) is 0 Å². The molecule has 2 amide bonds. The summed E-state index contributed by atoms with van der Waals surface area (Å²) in [6.45, 7) is 8.21. The molecule has 2 bridgehead atoms. The zero-order valence-electron chi connectivity index (χ0n) is 34.3. The fourth-order valence-corrected chi connectivity index (χ4v) is 11.9. The number of hydrogen-bond donors (Lipinski definition) is 1. The fourth-order valence-electron chi connectivity index (χ4n) is 10.2. The minimum atomic E-state index is -3.51. The molecule has 59 heavy (non-hydrogen) atoms. The molecule has 6 aliphatic rings. The molecule has 1 spiro atoms. The van der Waals surface area contributed by atoms with E-state index in [0.717, 1.165) is 101 Å². The first-order valence-corrected chi connectivity index (χ1v) is 23.5. The lowest BCUT2D eigenvalue weighted by Crippen LogP contribution is -2.56. The SMILES string of the molecule is CO[C@H]1/C=C/CCCS(=O)(NC(=O)c2cc(CN3CCN(C4COC4)CC3)n(C)c2)=NC(=O)c2ccc3c(c2)N(C[C@@H]2CC[C@H]21)C[C@@]1(CCCc2cc(Cl)ccc21)CO3. The minimum Gasteiger partial charge on any atom is -0.490 e. The molecule has 1 N–H and O–H groups in total. The molecule has 3 fully saturated rings. The highest BCUT2D eigenvalue weighted by molar-refractivity contribution is 7.92. The normalized spacial score (nSPS) is 29.8. The van der Waals surface area contributed by atoms with Crippen LogP contribution in [0.5, 0.6) is 5.75 Å². The molecule has 1 unspecified atom stereocenters. The van der Waals surface area contributed by atoms with Gasteiger partial charge in [-0.15, -0.1) is 4.36 Å². The highest BCUT2D eigenvalue weighted by Crippen LogP contribution is 2.47. The van der Waals surface area contributed by atoms with Gasteiger partial charge in [0.05, 0.1) is 49.0 Å². The van der Waals surface area contributed by atoms with Gasteiger partial charge in [-0.05, 0) is 104 Å². The maximum Gasteiger partial charge on any atom is 0.286 e. The predicted molar refractivity (Wildman–Crippen MR) is 230 cm³/mol. The van der Waals surface area contributed by atoms with Gasteiger partial charge in [-0.3, -0.25) is 24.1 Å². The summed E-state index contributed by atoms with van der Waals surface area (Å²) in [5, 5.41) is 0.743. The summed E-state index contributed by atoms with van der Waals surface area (Å²) in [5.74, 6) is 0.340. The minimum absolute atomic E-state index is 0.0284. The number of fused-ring (bicyclic) bond motifs is 4. The molecule has 9 rings (SSSR count). The number of aryl methyl sites for hydroxylation is 2. The molecular weight excluding hydrogens is 788 g/mol. The molecule has 4 aliphatic heterocycles. The van der Waals surface area contributed by atoms with Crippen LogP contribution in [-0.2, 0) is 44.8 Å². The molecule has 2 saturated heterocycles. The Balaban J connectivity index is 0.997. The number of carbonyl (C=O) groups excluding carboxylic acids is 2. The number of nitrogens with one attached hydrogen (secondary N) is 1. The Morgan fingerprint density at radius 2 is 1.93 bits per heavy atom. The number of anilines is 1. The van der Waals surface area contributed by atoms with Crippen molar-refractivity contribution in [3.05, 3.63) is 93.8 Å². The molecule has 12 nitrogen and oxygen atoms in total. The van der Waals surface area contributed by atoms with Crippen LogP contribution >= 0.6 is 11.6 Å². The smallest absolute Gasteiger partial charge is 0.286 e. The van der Waals surface area contributed by atoms with Gasteiger partial charge in [-0.1, -0.05) is 29.8 Å². The topological polar surface area (TPSA) is 118 Å². The predicted octanol–water partition coefficient (Wildman–Crippen LogP) is 6.01. The van der Waals surface area contributed by atoms with Crippen molar-refractivity contribution in [2.24, 2.45) is 23.2 Å². The molecule has 1 aromatic heterocycles. The van der Waals surface area contributed by atoms with E-state index in [-0.39, 0.29) is 17.3 Å². The zero-order valence-corrected chi connectivity index (χ0v) is 35.9. The fraction of sp³-hybridized carbons (Fsp3) is 0.556. The van der Waals surface area contributed by atoms with Crippen molar-refractivity contribution < 1.29 is 28.0 Å². The van der Waals surface area contributed by atoms with Crippen LogP contribution in [0.2, 0.25) is 5.02 Å². The van der Waals surface area contributed by atoms with Crippen molar-refractivity contribution in [2.75, 3.05) is 76.9 Å². The molecule has 316 valence electrons. The Morgan fingerprint density at radius 1 is 1.08 bits per heavy atom. The van der Waals surface area contributed by atoms with E-state index in [0.29, 0.717) is 60.7 Å². The third kappa shape index (κ3) is 8.48. The molecule has 0 radical (unpaired) electrons. The van der Waals surface area contributed by atoms with Gasteiger partial charge in [-0.25, -0.2) is 4.21 Å². The van der Waals surface area contributed by atoms with Gasteiger partial charge in [0, 0.05) is 87.9 Å². The van der Waals surface area contributed by atoms with Gasteiger partial charge in [0.2, 0.25) is 0 Å². The van der Waals surface area contributed by atoms with Gasteiger partial charge < -0.3 is 23.7 Å². The number of benzene rings is 2. The summed E-state index contributed by atoms with van der Waals surface area (Å²) in [6.07, 6.45) is 12.2. The van der Waals surface area contributed by atoms with E-state index >= 15 is 0 Å². The number of methoxy groups -OCH3 is 1. The summed E-state index contributed by atoms with van der Waals surface area (Å²) in [7, 11) is 0.187. The average Bonchev–Trinajstić information content (AvgIpc) is 3.48. The lowest BCUT2D eigenvalue weighted by molar-refractivity contribution is -0.0775. The van der Waals surface area contributed by atoms with Crippen LogP contribution in [-0.4, -0.2) is 114 Å². The lowest BCUT2D eigenvalue weighted by atomic mass is 9.68. The van der Waals surface area contributed by atoms with E-state index in [4.69, 9.17) is 25.8 Å². The second kappa shape index (κ2) is 17.0. The van der Waals surface area contributed by atoms with Gasteiger partial charge in [0.1, 0.15) is 15.7 Å². The molecular formula is C45H57ClN6O6S. The van der Waals surface area contributed by atoms with Gasteiger partial charge >= 0.3 is 0 Å². The summed E-state index contributed by atoms with van der Waals surface area (Å²) < 4.78 is 41.9. The number of amides is 2. The monoisotopic (exact) mass is 844 g/mol. The van der Waals surface area contributed by atoms with E-state index in [1.165, 1.54) is 11.1 Å². The van der Waals surface area contributed by atoms with E-state index in [1.54, 1.807) is 19.4 Å². The lowest BCUT2D eigenvalue weighted by Gasteiger charge is -2.46. The number of rotatable bonds is 6. The summed E-state index contributed by atoms with van der Waals surface area (Å²) in [5.41, 5.74) is 4.81. The summed E-state index contributed by atoms with van der Waals surface area (Å²) in [4.78, 5) is 35.4. The quantitative estimate of drug-likeness (QED) is 0.298. The number of ether oxygens (including phenoxy) is 3. The molecule has 14 heteroatoms. The number of allylic oxidation sites excluding steroid dienone is 1. The highest BCUT2D eigenvalue weighted by Gasteiger charge is 2.44. The molecule has 3 aromatic rings. The maximum absolute atomic E-state index is 14.7. The van der Waals surface area contributed by atoms with Crippen molar-refractivity contribution in [3.8, 4) is 5.75 Å². The number of aromatic nitrogens is 1. The van der Waals surface area contributed by atoms with Crippen LogP contribution in [0.1, 0.15) is 76.1 Å². The maximum atomic E-state index is 14.7. The van der Waals surface area contributed by atoms with E-state index in [2.05, 4.69) is 48.1 Å². The van der Waals surface area contributed by atoms with Crippen molar-refractivity contribution >= 4 is 39.0 Å². The van der Waals surface area contributed by atoms with Crippen LogP contribution in [0.15, 0.2) is 65.2 Å². The first kappa shape index (κ1) is 40.7. The van der Waals surface area contributed by atoms with Gasteiger partial charge in [-0.2, -0.15) is 0 Å². The van der Waals surface area contributed by atoms with Gasteiger partial charge in [0.25, 0.3) is 11.8 Å². The van der Waals surface area contributed by atoms with E-state index in [1.807, 2.05) is 35.9 Å². The van der Waals surface area contributed by atoms with E-state index in [9.17, 15) is 13.8 Å². The molecule has 2 aliphatic carbocycles. The van der Waals surface area contributed by atoms with Crippen LogP contribution in [0.3, 0.4) is 0 Å². The van der Waals surface area contributed by atoms with Crippen LogP contribution in [0, 0.1) is 11.8 Å². The average molecular weight is 846 g/mol. The Labute approximate surface area is 353 Å². The number of hydrogen-bond acceptors (Lipinski definition) is 9. The molecule has 5 heterocycles. The second-order valence-electron chi connectivity index (χ2n) is 17.6. The Bertz CT molecular complexity index is 2220.